The van der Waals surface area contributed by atoms with E-state index in [-0.39, 0.29) is 11.6 Å². The second-order valence-electron chi connectivity index (χ2n) is 5.46. The Balaban J connectivity index is 1.75. The van der Waals surface area contributed by atoms with Gasteiger partial charge in [0.05, 0.1) is 4.92 Å². The lowest BCUT2D eigenvalue weighted by Crippen LogP contribution is -2.46. The number of likely N-dealkylation sites (tertiary alicyclic amines) is 1. The first kappa shape index (κ1) is 13.1. The fraction of sp³-hybridized carbons (Fsp3) is 0.500. The van der Waals surface area contributed by atoms with Gasteiger partial charge >= 0.3 is 0 Å². The van der Waals surface area contributed by atoms with Crippen LogP contribution in [0, 0.1) is 16.0 Å². The summed E-state index contributed by atoms with van der Waals surface area (Å²) in [4.78, 5) is 24.6. The number of amides is 1. The number of nitrogens with one attached hydrogen (secondary N) is 1. The smallest absolute Gasteiger partial charge is 0.270 e. The Morgan fingerprint density at radius 3 is 3.05 bits per heavy atom. The maximum atomic E-state index is 12.4. The van der Waals surface area contributed by atoms with Crippen LogP contribution in [-0.2, 0) is 0 Å². The Labute approximate surface area is 116 Å². The van der Waals surface area contributed by atoms with Crippen LogP contribution >= 0.6 is 0 Å². The number of benzene rings is 1. The maximum Gasteiger partial charge on any atom is 0.270 e. The molecule has 0 aliphatic carbocycles. The van der Waals surface area contributed by atoms with E-state index in [1.807, 2.05) is 4.90 Å². The number of nitro benzene ring substituents is 1. The fourth-order valence-corrected chi connectivity index (χ4v) is 3.17. The van der Waals surface area contributed by atoms with E-state index in [0.717, 1.165) is 32.5 Å². The Morgan fingerprint density at radius 1 is 1.40 bits per heavy atom. The highest BCUT2D eigenvalue weighted by Gasteiger charge is 2.34. The molecule has 6 heteroatoms. The number of piperidine rings is 1. The van der Waals surface area contributed by atoms with E-state index >= 15 is 0 Å². The molecular weight excluding hydrogens is 258 g/mol. The molecule has 0 bridgehead atoms. The van der Waals surface area contributed by atoms with E-state index in [1.54, 1.807) is 12.1 Å². The minimum Gasteiger partial charge on any atom is -0.338 e. The van der Waals surface area contributed by atoms with Crippen molar-refractivity contribution in [3.63, 3.8) is 0 Å². The molecule has 106 valence electrons. The first-order valence-corrected chi connectivity index (χ1v) is 6.92. The molecule has 2 aliphatic rings. The van der Waals surface area contributed by atoms with Gasteiger partial charge in [-0.1, -0.05) is 6.07 Å². The quantitative estimate of drug-likeness (QED) is 0.654. The van der Waals surface area contributed by atoms with Crippen molar-refractivity contribution in [1.29, 1.82) is 0 Å². The van der Waals surface area contributed by atoms with Crippen LogP contribution in [0.2, 0.25) is 0 Å². The number of hydrogen-bond donors (Lipinski definition) is 1. The van der Waals surface area contributed by atoms with Crippen LogP contribution in [0.25, 0.3) is 0 Å². The number of fused-ring (bicyclic) bond motifs is 1. The lowest BCUT2D eigenvalue weighted by Gasteiger charge is -2.34. The van der Waals surface area contributed by atoms with Gasteiger partial charge in [-0.3, -0.25) is 14.9 Å². The fourth-order valence-electron chi connectivity index (χ4n) is 3.17. The molecule has 2 heterocycles. The lowest BCUT2D eigenvalue weighted by molar-refractivity contribution is -0.384. The standard InChI is InChI=1S/C14H17N3O3/c18-14(10-2-1-3-12(8-10)17(19)20)16-7-5-13-11(9-16)4-6-15-13/h1-3,8,11,13,15H,4-7,9H2. The van der Waals surface area contributed by atoms with Crippen molar-refractivity contribution >= 4 is 11.6 Å². The van der Waals surface area contributed by atoms with Gasteiger partial charge in [-0.2, -0.15) is 0 Å². The van der Waals surface area contributed by atoms with Gasteiger partial charge in [0.2, 0.25) is 0 Å². The van der Waals surface area contributed by atoms with E-state index in [1.165, 1.54) is 12.1 Å². The number of nitro groups is 1. The molecule has 0 radical (unpaired) electrons. The normalized spacial score (nSPS) is 25.3. The lowest BCUT2D eigenvalue weighted by atomic mass is 9.93. The molecule has 1 aromatic rings. The second-order valence-corrected chi connectivity index (χ2v) is 5.46. The van der Waals surface area contributed by atoms with Crippen LogP contribution in [-0.4, -0.2) is 41.4 Å². The average molecular weight is 275 g/mol. The molecule has 3 rings (SSSR count). The molecule has 2 unspecified atom stereocenters. The number of carbonyl (C=O) groups is 1. The van der Waals surface area contributed by atoms with Crippen LogP contribution in [0.1, 0.15) is 23.2 Å². The molecule has 0 aromatic heterocycles. The summed E-state index contributed by atoms with van der Waals surface area (Å²) < 4.78 is 0. The van der Waals surface area contributed by atoms with Crippen molar-refractivity contribution in [3.05, 3.63) is 39.9 Å². The Hall–Kier alpha value is -1.95. The third-order valence-electron chi connectivity index (χ3n) is 4.25. The predicted molar refractivity (Wildman–Crippen MR) is 73.5 cm³/mol. The first-order valence-electron chi connectivity index (χ1n) is 6.92. The van der Waals surface area contributed by atoms with E-state index in [4.69, 9.17) is 0 Å². The van der Waals surface area contributed by atoms with Gasteiger partial charge in [-0.25, -0.2) is 0 Å². The largest absolute Gasteiger partial charge is 0.338 e. The van der Waals surface area contributed by atoms with E-state index in [2.05, 4.69) is 5.32 Å². The average Bonchev–Trinajstić information content (AvgIpc) is 2.94. The Kier molecular flexibility index (Phi) is 3.40. The molecule has 20 heavy (non-hydrogen) atoms. The van der Waals surface area contributed by atoms with Crippen LogP contribution in [0.5, 0.6) is 0 Å². The summed E-state index contributed by atoms with van der Waals surface area (Å²) in [5.74, 6) is 0.422. The zero-order valence-electron chi connectivity index (χ0n) is 11.1. The van der Waals surface area contributed by atoms with Crippen LogP contribution < -0.4 is 5.32 Å². The van der Waals surface area contributed by atoms with Gasteiger partial charge in [-0.05, 0) is 31.4 Å². The Bertz CT molecular complexity index is 546. The number of non-ortho nitro benzene ring substituents is 1. The molecule has 1 N–H and O–H groups in total. The summed E-state index contributed by atoms with van der Waals surface area (Å²) in [6, 6.07) is 6.51. The first-order chi connectivity index (χ1) is 9.65. The molecule has 6 nitrogen and oxygen atoms in total. The molecule has 2 fully saturated rings. The van der Waals surface area contributed by atoms with Crippen LogP contribution in [0.4, 0.5) is 5.69 Å². The third kappa shape index (κ3) is 2.38. The maximum absolute atomic E-state index is 12.4. The molecule has 1 aromatic carbocycles. The number of rotatable bonds is 2. The van der Waals surface area contributed by atoms with Crippen molar-refractivity contribution in [2.24, 2.45) is 5.92 Å². The van der Waals surface area contributed by atoms with Gasteiger partial charge in [0.25, 0.3) is 11.6 Å². The van der Waals surface area contributed by atoms with Crippen molar-refractivity contribution in [2.45, 2.75) is 18.9 Å². The summed E-state index contributed by atoms with van der Waals surface area (Å²) in [6.07, 6.45) is 2.06. The van der Waals surface area contributed by atoms with Gasteiger partial charge < -0.3 is 10.2 Å². The molecule has 1 amide bonds. The summed E-state index contributed by atoms with van der Waals surface area (Å²) >= 11 is 0. The van der Waals surface area contributed by atoms with Crippen molar-refractivity contribution in [1.82, 2.24) is 10.2 Å². The van der Waals surface area contributed by atoms with E-state index in [9.17, 15) is 14.9 Å². The zero-order chi connectivity index (χ0) is 14.1. The van der Waals surface area contributed by atoms with Gasteiger partial charge in [-0.15, -0.1) is 0 Å². The van der Waals surface area contributed by atoms with Crippen LogP contribution in [0.3, 0.4) is 0 Å². The molecular formula is C14H17N3O3. The van der Waals surface area contributed by atoms with E-state index in [0.29, 0.717) is 17.5 Å². The molecule has 2 saturated heterocycles. The van der Waals surface area contributed by atoms with Crippen molar-refractivity contribution in [3.8, 4) is 0 Å². The molecule has 0 spiro atoms. The predicted octanol–water partition coefficient (Wildman–Crippen LogP) is 1.42. The zero-order valence-corrected chi connectivity index (χ0v) is 11.1. The Morgan fingerprint density at radius 2 is 2.25 bits per heavy atom. The minimum absolute atomic E-state index is 0.0340. The molecule has 0 saturated carbocycles. The van der Waals surface area contributed by atoms with Crippen LogP contribution in [0.15, 0.2) is 24.3 Å². The number of hydrogen-bond acceptors (Lipinski definition) is 4. The highest BCUT2D eigenvalue weighted by atomic mass is 16.6. The number of carbonyl (C=O) groups excluding carboxylic acids is 1. The summed E-state index contributed by atoms with van der Waals surface area (Å²) in [6.45, 7) is 2.49. The highest BCUT2D eigenvalue weighted by molar-refractivity contribution is 5.94. The van der Waals surface area contributed by atoms with Gasteiger partial charge in [0, 0.05) is 36.8 Å². The SMILES string of the molecule is O=C(c1cccc([N+](=O)[O-])c1)N1CCC2NCCC2C1. The van der Waals surface area contributed by atoms with E-state index < -0.39 is 4.92 Å². The molecule has 2 aliphatic heterocycles. The van der Waals surface area contributed by atoms with Crippen molar-refractivity contribution < 1.29 is 9.72 Å². The summed E-state index contributed by atoms with van der Waals surface area (Å²) in [5, 5.41) is 14.2. The minimum atomic E-state index is -0.468. The molecule has 2 atom stereocenters. The monoisotopic (exact) mass is 275 g/mol. The van der Waals surface area contributed by atoms with Gasteiger partial charge in [0.1, 0.15) is 0 Å². The topological polar surface area (TPSA) is 75.5 Å². The van der Waals surface area contributed by atoms with Gasteiger partial charge in [0.15, 0.2) is 0 Å². The highest BCUT2D eigenvalue weighted by Crippen LogP contribution is 2.26. The second kappa shape index (κ2) is 5.20. The third-order valence-corrected chi connectivity index (χ3v) is 4.25. The van der Waals surface area contributed by atoms with Crippen molar-refractivity contribution in [2.75, 3.05) is 19.6 Å². The number of nitrogens with zero attached hydrogens (tertiary/aromatic N) is 2. The summed E-state index contributed by atoms with van der Waals surface area (Å²) in [7, 11) is 0. The summed E-state index contributed by atoms with van der Waals surface area (Å²) in [5.41, 5.74) is 0.372.